The smallest absolute Gasteiger partial charge is 0.251 e. The molecular formula is C21H23N3O4S. The molecule has 2 aromatic carbocycles. The number of hydrogen-bond donors (Lipinski definition) is 1. The molecule has 0 spiro atoms. The number of benzene rings is 2. The van der Waals surface area contributed by atoms with E-state index in [2.05, 4.69) is 5.32 Å². The molecule has 7 nitrogen and oxygen atoms in total. The van der Waals surface area contributed by atoms with Crippen molar-refractivity contribution in [1.29, 1.82) is 0 Å². The Morgan fingerprint density at radius 1 is 0.966 bits per heavy atom. The minimum atomic E-state index is -3.50. The highest BCUT2D eigenvalue weighted by atomic mass is 32.2. The zero-order valence-electron chi connectivity index (χ0n) is 16.0. The number of sulfonamides is 1. The number of hydrogen-bond acceptors (Lipinski definition) is 4. The van der Waals surface area contributed by atoms with Crippen LogP contribution in [-0.4, -0.2) is 50.2 Å². The Balaban J connectivity index is 1.41. The summed E-state index contributed by atoms with van der Waals surface area (Å²) in [5.41, 5.74) is 1.18. The molecule has 0 aromatic heterocycles. The van der Waals surface area contributed by atoms with E-state index in [0.29, 0.717) is 25.2 Å². The molecule has 2 saturated heterocycles. The number of nitrogens with one attached hydrogen (secondary N) is 1. The summed E-state index contributed by atoms with van der Waals surface area (Å²) >= 11 is 0. The SMILES string of the molecule is O=C(N[C@@H]1CC(=O)N(c2ccccc2)C1)c1ccc(S(=O)(=O)N2CCCC2)cc1. The van der Waals surface area contributed by atoms with Crippen LogP contribution in [0.15, 0.2) is 59.5 Å². The number of nitrogens with zero attached hydrogens (tertiary/aromatic N) is 2. The van der Waals surface area contributed by atoms with Crippen LogP contribution in [-0.2, 0) is 14.8 Å². The second kappa shape index (κ2) is 7.96. The maximum atomic E-state index is 12.6. The molecule has 4 rings (SSSR count). The van der Waals surface area contributed by atoms with Gasteiger partial charge in [0, 0.05) is 37.3 Å². The van der Waals surface area contributed by atoms with Gasteiger partial charge in [-0.05, 0) is 49.2 Å². The third kappa shape index (κ3) is 4.04. The first-order valence-corrected chi connectivity index (χ1v) is 11.2. The fraction of sp³-hybridized carbons (Fsp3) is 0.333. The van der Waals surface area contributed by atoms with E-state index in [0.717, 1.165) is 18.5 Å². The van der Waals surface area contributed by atoms with Gasteiger partial charge in [0.05, 0.1) is 10.9 Å². The number of carbonyl (C=O) groups excluding carboxylic acids is 2. The van der Waals surface area contributed by atoms with Gasteiger partial charge in [-0.25, -0.2) is 8.42 Å². The van der Waals surface area contributed by atoms with E-state index >= 15 is 0 Å². The Hall–Kier alpha value is -2.71. The first kappa shape index (κ1) is 19.6. The fourth-order valence-corrected chi connectivity index (χ4v) is 5.30. The molecule has 29 heavy (non-hydrogen) atoms. The van der Waals surface area contributed by atoms with Crippen molar-refractivity contribution < 1.29 is 18.0 Å². The van der Waals surface area contributed by atoms with Crippen LogP contribution < -0.4 is 10.2 Å². The van der Waals surface area contributed by atoms with Gasteiger partial charge < -0.3 is 10.2 Å². The van der Waals surface area contributed by atoms with E-state index < -0.39 is 10.0 Å². The predicted molar refractivity (Wildman–Crippen MR) is 109 cm³/mol. The van der Waals surface area contributed by atoms with Gasteiger partial charge in [0.15, 0.2) is 0 Å². The van der Waals surface area contributed by atoms with Crippen molar-refractivity contribution in [1.82, 2.24) is 9.62 Å². The molecule has 2 aliphatic rings. The molecule has 0 bridgehead atoms. The standard InChI is InChI=1S/C21H23N3O4S/c25-20-14-17(15-24(20)18-6-2-1-3-7-18)22-21(26)16-8-10-19(11-9-16)29(27,28)23-12-4-5-13-23/h1-3,6-11,17H,4-5,12-15H2,(H,22,26)/t17-/m1/s1. The molecule has 0 saturated carbocycles. The number of para-hydroxylation sites is 1. The van der Waals surface area contributed by atoms with Gasteiger partial charge in [-0.2, -0.15) is 4.31 Å². The lowest BCUT2D eigenvalue weighted by Gasteiger charge is -2.17. The predicted octanol–water partition coefficient (Wildman–Crippen LogP) is 2.01. The van der Waals surface area contributed by atoms with Crippen LogP contribution in [0.2, 0.25) is 0 Å². The molecule has 0 radical (unpaired) electrons. The third-order valence-corrected chi connectivity index (χ3v) is 7.26. The van der Waals surface area contributed by atoms with E-state index in [1.54, 1.807) is 4.90 Å². The molecule has 0 aliphatic carbocycles. The van der Waals surface area contributed by atoms with Gasteiger partial charge in [-0.15, -0.1) is 0 Å². The molecule has 1 N–H and O–H groups in total. The molecule has 2 aliphatic heterocycles. The van der Waals surface area contributed by atoms with Gasteiger partial charge in [0.1, 0.15) is 0 Å². The summed E-state index contributed by atoms with van der Waals surface area (Å²) in [5, 5.41) is 2.88. The van der Waals surface area contributed by atoms with Crippen molar-refractivity contribution >= 4 is 27.5 Å². The maximum Gasteiger partial charge on any atom is 0.251 e. The lowest BCUT2D eigenvalue weighted by atomic mass is 10.2. The van der Waals surface area contributed by atoms with Crippen LogP contribution in [0.4, 0.5) is 5.69 Å². The Bertz CT molecular complexity index is 1000. The lowest BCUT2D eigenvalue weighted by molar-refractivity contribution is -0.117. The molecule has 1 atom stereocenters. The van der Waals surface area contributed by atoms with E-state index in [-0.39, 0.29) is 29.2 Å². The van der Waals surface area contributed by atoms with Crippen LogP contribution >= 0.6 is 0 Å². The highest BCUT2D eigenvalue weighted by Crippen LogP contribution is 2.23. The number of amides is 2. The highest BCUT2D eigenvalue weighted by molar-refractivity contribution is 7.89. The summed E-state index contributed by atoms with van der Waals surface area (Å²) in [6, 6.07) is 15.0. The van der Waals surface area contributed by atoms with Gasteiger partial charge in [-0.1, -0.05) is 18.2 Å². The average molecular weight is 413 g/mol. The number of anilines is 1. The number of carbonyl (C=O) groups is 2. The molecule has 2 fully saturated rings. The molecule has 152 valence electrons. The summed E-state index contributed by atoms with van der Waals surface area (Å²) in [5.74, 6) is -0.351. The molecule has 8 heteroatoms. The van der Waals surface area contributed by atoms with Crippen molar-refractivity contribution in [3.8, 4) is 0 Å². The normalized spacial score (nSPS) is 20.2. The van der Waals surface area contributed by atoms with Crippen molar-refractivity contribution in [2.75, 3.05) is 24.5 Å². The molecule has 2 aromatic rings. The van der Waals surface area contributed by atoms with E-state index in [1.807, 2.05) is 30.3 Å². The topological polar surface area (TPSA) is 86.8 Å². The Labute approximate surface area is 170 Å². The van der Waals surface area contributed by atoms with Crippen molar-refractivity contribution in [3.05, 3.63) is 60.2 Å². The second-order valence-corrected chi connectivity index (χ2v) is 9.29. The lowest BCUT2D eigenvalue weighted by Crippen LogP contribution is -2.37. The van der Waals surface area contributed by atoms with Crippen molar-refractivity contribution in [3.63, 3.8) is 0 Å². The summed E-state index contributed by atoms with van der Waals surface area (Å²) < 4.78 is 26.6. The van der Waals surface area contributed by atoms with Crippen LogP contribution in [0.5, 0.6) is 0 Å². The zero-order valence-corrected chi connectivity index (χ0v) is 16.8. The van der Waals surface area contributed by atoms with Gasteiger partial charge in [0.2, 0.25) is 15.9 Å². The molecular weight excluding hydrogens is 390 g/mol. The summed E-state index contributed by atoms with van der Waals surface area (Å²) in [6.07, 6.45) is 1.99. The molecule has 2 amide bonds. The Morgan fingerprint density at radius 3 is 2.28 bits per heavy atom. The quantitative estimate of drug-likeness (QED) is 0.812. The van der Waals surface area contributed by atoms with Crippen molar-refractivity contribution in [2.45, 2.75) is 30.2 Å². The van der Waals surface area contributed by atoms with Crippen LogP contribution in [0.3, 0.4) is 0 Å². The largest absolute Gasteiger partial charge is 0.347 e. The average Bonchev–Trinajstić information content (AvgIpc) is 3.39. The van der Waals surface area contributed by atoms with E-state index in [4.69, 9.17) is 0 Å². The van der Waals surface area contributed by atoms with Gasteiger partial charge in [-0.3, -0.25) is 9.59 Å². The second-order valence-electron chi connectivity index (χ2n) is 7.35. The maximum absolute atomic E-state index is 12.6. The van der Waals surface area contributed by atoms with Crippen LogP contribution in [0.1, 0.15) is 29.6 Å². The number of rotatable bonds is 5. The Morgan fingerprint density at radius 2 is 1.62 bits per heavy atom. The van der Waals surface area contributed by atoms with E-state index in [1.165, 1.54) is 28.6 Å². The van der Waals surface area contributed by atoms with Crippen molar-refractivity contribution in [2.24, 2.45) is 0 Å². The summed E-state index contributed by atoms with van der Waals surface area (Å²) in [6.45, 7) is 1.49. The zero-order chi connectivity index (χ0) is 20.4. The Kier molecular flexibility index (Phi) is 5.38. The van der Waals surface area contributed by atoms with Crippen LogP contribution in [0.25, 0.3) is 0 Å². The first-order valence-electron chi connectivity index (χ1n) is 9.71. The first-order chi connectivity index (χ1) is 13.9. The summed E-state index contributed by atoms with van der Waals surface area (Å²) in [7, 11) is -3.50. The summed E-state index contributed by atoms with van der Waals surface area (Å²) in [4.78, 5) is 26.7. The minimum Gasteiger partial charge on any atom is -0.347 e. The van der Waals surface area contributed by atoms with E-state index in [9.17, 15) is 18.0 Å². The van der Waals surface area contributed by atoms with Gasteiger partial charge in [0.25, 0.3) is 5.91 Å². The monoisotopic (exact) mass is 413 g/mol. The fourth-order valence-electron chi connectivity index (χ4n) is 3.79. The minimum absolute atomic E-state index is 0.0337. The highest BCUT2D eigenvalue weighted by Gasteiger charge is 2.32. The molecule has 0 unspecified atom stereocenters. The van der Waals surface area contributed by atoms with Gasteiger partial charge >= 0.3 is 0 Å². The van der Waals surface area contributed by atoms with Crippen LogP contribution in [0, 0.1) is 0 Å². The molecule has 2 heterocycles. The third-order valence-electron chi connectivity index (χ3n) is 5.35.